The average molecular weight is 415 g/mol. The summed E-state index contributed by atoms with van der Waals surface area (Å²) in [5, 5.41) is 5.55. The van der Waals surface area contributed by atoms with Crippen LogP contribution in [0.25, 0.3) is 11.4 Å². The van der Waals surface area contributed by atoms with Crippen molar-refractivity contribution in [2.75, 3.05) is 20.3 Å². The summed E-state index contributed by atoms with van der Waals surface area (Å²) in [6.07, 6.45) is 1.05. The number of rotatable bonds is 6. The summed E-state index contributed by atoms with van der Waals surface area (Å²) in [6.45, 7) is 3.83. The minimum Gasteiger partial charge on any atom is -0.383 e. The van der Waals surface area contributed by atoms with Gasteiger partial charge in [0.2, 0.25) is 0 Å². The highest BCUT2D eigenvalue weighted by atomic mass is 35.5. The monoisotopic (exact) mass is 414 g/mol. The molecule has 7 heteroatoms. The predicted octanol–water partition coefficient (Wildman–Crippen LogP) is 4.40. The molecule has 2 aromatic carbocycles. The minimum absolute atomic E-state index is 0.581. The van der Waals surface area contributed by atoms with Crippen molar-refractivity contribution in [1.82, 2.24) is 19.2 Å². The largest absolute Gasteiger partial charge is 0.383 e. The van der Waals surface area contributed by atoms with Crippen LogP contribution in [0.1, 0.15) is 11.1 Å². The van der Waals surface area contributed by atoms with E-state index >= 15 is 0 Å². The Morgan fingerprint density at radius 1 is 1.11 bits per heavy atom. The average Bonchev–Trinajstić information content (AvgIpc) is 3.02. The Hall–Kier alpha value is -1.99. The van der Waals surface area contributed by atoms with E-state index in [4.69, 9.17) is 33.7 Å². The van der Waals surface area contributed by atoms with Crippen LogP contribution in [0, 0.1) is 4.77 Å². The van der Waals surface area contributed by atoms with Crippen LogP contribution in [0.5, 0.6) is 0 Å². The lowest BCUT2D eigenvalue weighted by Gasteiger charge is -2.28. The van der Waals surface area contributed by atoms with Crippen LogP contribution < -0.4 is 0 Å². The van der Waals surface area contributed by atoms with E-state index in [9.17, 15) is 0 Å². The third kappa shape index (κ3) is 4.05. The Bertz CT molecular complexity index is 1010. The summed E-state index contributed by atoms with van der Waals surface area (Å²) in [4.78, 5) is 2.39. The fourth-order valence-corrected chi connectivity index (χ4v) is 4.00. The fourth-order valence-electron chi connectivity index (χ4n) is 3.59. The highest BCUT2D eigenvalue weighted by Gasteiger charge is 2.19. The summed E-state index contributed by atoms with van der Waals surface area (Å²) in [5.41, 5.74) is 3.82. The molecule has 2 heterocycles. The summed E-state index contributed by atoms with van der Waals surface area (Å²) in [5.74, 6) is 0.844. The Labute approximate surface area is 175 Å². The molecule has 0 spiro atoms. The highest BCUT2D eigenvalue weighted by molar-refractivity contribution is 7.71. The van der Waals surface area contributed by atoms with Gasteiger partial charge in [-0.25, -0.2) is 4.68 Å². The van der Waals surface area contributed by atoms with Gasteiger partial charge in [-0.1, -0.05) is 35.9 Å². The van der Waals surface area contributed by atoms with Crippen LogP contribution in [-0.2, 0) is 30.9 Å². The number of halogens is 1. The quantitative estimate of drug-likeness (QED) is 0.560. The smallest absolute Gasteiger partial charge is 0.199 e. The molecule has 0 radical (unpaired) electrons. The SMILES string of the molecule is COCCn1c(-c2ccc(Cl)cc2)nn(CN2CCc3ccccc3C2)c1=S. The highest BCUT2D eigenvalue weighted by Crippen LogP contribution is 2.23. The number of aromatic nitrogens is 3. The minimum atomic E-state index is 0.581. The van der Waals surface area contributed by atoms with Gasteiger partial charge >= 0.3 is 0 Å². The van der Waals surface area contributed by atoms with E-state index in [0.29, 0.717) is 29.6 Å². The number of methoxy groups -OCH3 is 1. The molecule has 0 bridgehead atoms. The Balaban J connectivity index is 1.62. The fraction of sp³-hybridized carbons (Fsp3) is 0.333. The van der Waals surface area contributed by atoms with E-state index in [1.165, 1.54) is 11.1 Å². The molecule has 0 saturated carbocycles. The molecule has 28 heavy (non-hydrogen) atoms. The predicted molar refractivity (Wildman–Crippen MR) is 114 cm³/mol. The van der Waals surface area contributed by atoms with Crippen molar-refractivity contribution < 1.29 is 4.74 Å². The van der Waals surface area contributed by atoms with E-state index < -0.39 is 0 Å². The molecule has 1 aliphatic heterocycles. The maximum absolute atomic E-state index is 6.05. The first kappa shape index (κ1) is 19.3. The van der Waals surface area contributed by atoms with Crippen molar-refractivity contribution in [2.24, 2.45) is 0 Å². The van der Waals surface area contributed by atoms with Gasteiger partial charge in [-0.05, 0) is 54.0 Å². The van der Waals surface area contributed by atoms with Gasteiger partial charge in [-0.15, -0.1) is 0 Å². The molecule has 0 N–H and O–H groups in total. The number of nitrogens with zero attached hydrogens (tertiary/aromatic N) is 4. The van der Waals surface area contributed by atoms with Crippen molar-refractivity contribution >= 4 is 23.8 Å². The van der Waals surface area contributed by atoms with Gasteiger partial charge in [-0.2, -0.15) is 5.10 Å². The maximum atomic E-state index is 6.05. The van der Waals surface area contributed by atoms with Crippen molar-refractivity contribution in [3.05, 3.63) is 69.5 Å². The first-order chi connectivity index (χ1) is 13.7. The molecule has 1 aromatic heterocycles. The molecule has 0 saturated heterocycles. The van der Waals surface area contributed by atoms with Gasteiger partial charge in [0.1, 0.15) is 0 Å². The van der Waals surface area contributed by atoms with Gasteiger partial charge in [0.25, 0.3) is 0 Å². The first-order valence-electron chi connectivity index (χ1n) is 9.37. The van der Waals surface area contributed by atoms with Gasteiger partial charge in [0, 0.05) is 30.8 Å². The second-order valence-corrected chi connectivity index (χ2v) is 7.77. The van der Waals surface area contributed by atoms with E-state index in [1.807, 2.05) is 33.5 Å². The van der Waals surface area contributed by atoms with Crippen LogP contribution in [0.4, 0.5) is 0 Å². The normalized spacial score (nSPS) is 14.2. The third-order valence-electron chi connectivity index (χ3n) is 5.09. The number of fused-ring (bicyclic) bond motifs is 1. The summed E-state index contributed by atoms with van der Waals surface area (Å²) in [7, 11) is 1.70. The van der Waals surface area contributed by atoms with E-state index in [-0.39, 0.29) is 0 Å². The molecule has 0 aliphatic carbocycles. The Morgan fingerprint density at radius 3 is 2.61 bits per heavy atom. The molecular weight excluding hydrogens is 392 g/mol. The summed E-state index contributed by atoms with van der Waals surface area (Å²) < 4.78 is 9.94. The number of hydrogen-bond acceptors (Lipinski definition) is 4. The van der Waals surface area contributed by atoms with Crippen LogP contribution in [0.3, 0.4) is 0 Å². The van der Waals surface area contributed by atoms with Crippen LogP contribution in [-0.4, -0.2) is 39.5 Å². The molecule has 0 atom stereocenters. The van der Waals surface area contributed by atoms with Crippen molar-refractivity contribution in [1.29, 1.82) is 0 Å². The molecule has 5 nitrogen and oxygen atoms in total. The van der Waals surface area contributed by atoms with Gasteiger partial charge < -0.3 is 4.74 Å². The lowest BCUT2D eigenvalue weighted by molar-refractivity contribution is 0.181. The zero-order valence-corrected chi connectivity index (χ0v) is 17.4. The van der Waals surface area contributed by atoms with E-state index in [0.717, 1.165) is 30.9 Å². The van der Waals surface area contributed by atoms with Crippen LogP contribution in [0.15, 0.2) is 48.5 Å². The number of hydrogen-bond donors (Lipinski definition) is 0. The summed E-state index contributed by atoms with van der Waals surface area (Å²) >= 11 is 11.8. The second-order valence-electron chi connectivity index (χ2n) is 6.97. The molecule has 0 unspecified atom stereocenters. The number of benzene rings is 2. The Morgan fingerprint density at radius 2 is 1.86 bits per heavy atom. The van der Waals surface area contributed by atoms with E-state index in [1.54, 1.807) is 7.11 Å². The molecule has 4 rings (SSSR count). The number of ether oxygens (including phenoxy) is 1. The van der Waals surface area contributed by atoms with Gasteiger partial charge in [0.05, 0.1) is 19.8 Å². The zero-order valence-electron chi connectivity index (χ0n) is 15.8. The first-order valence-corrected chi connectivity index (χ1v) is 10.2. The molecule has 3 aromatic rings. The molecule has 1 aliphatic rings. The molecule has 0 fully saturated rings. The van der Waals surface area contributed by atoms with E-state index in [2.05, 4.69) is 29.2 Å². The zero-order chi connectivity index (χ0) is 19.5. The molecule has 146 valence electrons. The van der Waals surface area contributed by atoms with Crippen molar-refractivity contribution in [3.8, 4) is 11.4 Å². The standard InChI is InChI=1S/C21H23ClN4OS/c1-27-13-12-25-20(17-6-8-19(22)9-7-17)23-26(21(25)28)15-24-11-10-16-4-2-3-5-18(16)14-24/h2-9H,10-15H2,1H3. The van der Waals surface area contributed by atoms with Crippen molar-refractivity contribution in [3.63, 3.8) is 0 Å². The van der Waals surface area contributed by atoms with Crippen molar-refractivity contribution in [2.45, 2.75) is 26.2 Å². The van der Waals surface area contributed by atoms with Gasteiger partial charge in [0.15, 0.2) is 10.6 Å². The third-order valence-corrected chi connectivity index (χ3v) is 5.77. The Kier molecular flexibility index (Phi) is 5.92. The van der Waals surface area contributed by atoms with Crippen LogP contribution >= 0.6 is 23.8 Å². The molecular formula is C21H23ClN4OS. The topological polar surface area (TPSA) is 35.2 Å². The molecule has 0 amide bonds. The summed E-state index contributed by atoms with van der Waals surface area (Å²) in [6, 6.07) is 16.3. The van der Waals surface area contributed by atoms with Gasteiger partial charge in [-0.3, -0.25) is 9.47 Å². The maximum Gasteiger partial charge on any atom is 0.199 e. The lowest BCUT2D eigenvalue weighted by atomic mass is 10.0. The second kappa shape index (κ2) is 8.57. The lowest BCUT2D eigenvalue weighted by Crippen LogP contribution is -2.32. The van der Waals surface area contributed by atoms with Crippen LogP contribution in [0.2, 0.25) is 5.02 Å².